The van der Waals surface area contributed by atoms with E-state index in [-0.39, 0.29) is 11.3 Å². The molecular weight excluding hydrogens is 168 g/mol. The second kappa shape index (κ2) is 4.07. The molecule has 76 valence electrons. The van der Waals surface area contributed by atoms with Crippen molar-refractivity contribution in [2.75, 3.05) is 13.2 Å². The number of ether oxygens (including phenoxy) is 1. The van der Waals surface area contributed by atoms with Crippen LogP contribution in [0.5, 0.6) is 0 Å². The summed E-state index contributed by atoms with van der Waals surface area (Å²) < 4.78 is 5.25. The molecule has 1 heterocycles. The van der Waals surface area contributed by atoms with Crippen molar-refractivity contribution in [1.29, 1.82) is 0 Å². The third kappa shape index (κ3) is 2.19. The Bertz CT molecular complexity index is 186. The molecule has 1 aliphatic rings. The van der Waals surface area contributed by atoms with E-state index in [9.17, 15) is 4.79 Å². The van der Waals surface area contributed by atoms with Crippen molar-refractivity contribution < 1.29 is 9.53 Å². The first kappa shape index (κ1) is 10.5. The first-order valence-electron chi connectivity index (χ1n) is 4.68. The van der Waals surface area contributed by atoms with Gasteiger partial charge in [-0.1, -0.05) is 13.8 Å². The zero-order valence-electron chi connectivity index (χ0n) is 8.30. The van der Waals surface area contributed by atoms with Gasteiger partial charge < -0.3 is 4.74 Å². The molecule has 0 atom stereocenters. The van der Waals surface area contributed by atoms with Gasteiger partial charge in [0.05, 0.1) is 0 Å². The van der Waals surface area contributed by atoms with E-state index in [1.165, 1.54) is 0 Å². The van der Waals surface area contributed by atoms with E-state index >= 15 is 0 Å². The fourth-order valence-electron chi connectivity index (χ4n) is 1.79. The average molecular weight is 186 g/mol. The Morgan fingerprint density at radius 3 is 2.46 bits per heavy atom. The Kier molecular flexibility index (Phi) is 3.27. The van der Waals surface area contributed by atoms with E-state index in [0.717, 1.165) is 26.1 Å². The molecule has 0 aromatic heterocycles. The van der Waals surface area contributed by atoms with Crippen molar-refractivity contribution in [2.24, 2.45) is 17.2 Å². The molecule has 0 saturated carbocycles. The van der Waals surface area contributed by atoms with Crippen molar-refractivity contribution >= 4 is 5.91 Å². The highest BCUT2D eigenvalue weighted by Gasteiger charge is 2.36. The van der Waals surface area contributed by atoms with Crippen LogP contribution in [0.2, 0.25) is 0 Å². The molecular formula is C9H18N2O2. The normalized spacial score (nSPS) is 19.9. The number of carbonyl (C=O) groups excluding carboxylic acids is 1. The summed E-state index contributed by atoms with van der Waals surface area (Å²) >= 11 is 0. The van der Waals surface area contributed by atoms with Crippen LogP contribution >= 0.6 is 0 Å². The maximum absolute atomic E-state index is 11.5. The molecule has 0 aliphatic carbocycles. The fourth-order valence-corrected chi connectivity index (χ4v) is 1.79. The number of rotatable bonds is 2. The summed E-state index contributed by atoms with van der Waals surface area (Å²) in [4.78, 5) is 11.5. The first-order valence-corrected chi connectivity index (χ1v) is 4.68. The highest BCUT2D eigenvalue weighted by Crippen LogP contribution is 2.34. The lowest BCUT2D eigenvalue weighted by Gasteiger charge is -2.34. The Balaban J connectivity index is 2.60. The Morgan fingerprint density at radius 1 is 1.46 bits per heavy atom. The summed E-state index contributed by atoms with van der Waals surface area (Å²) in [6.07, 6.45) is 1.89. The minimum absolute atomic E-state index is 0.0839. The number of nitrogens with one attached hydrogen (secondary N) is 1. The molecule has 0 unspecified atom stereocenters. The predicted octanol–water partition coefficient (Wildman–Crippen LogP) is 0.429. The Morgan fingerprint density at radius 2 is 2.00 bits per heavy atom. The fraction of sp³-hybridized carbons (Fsp3) is 0.889. The van der Waals surface area contributed by atoms with E-state index in [2.05, 4.69) is 5.43 Å². The maximum atomic E-state index is 11.5. The largest absolute Gasteiger partial charge is 0.381 e. The molecule has 1 aliphatic heterocycles. The molecule has 4 nitrogen and oxygen atoms in total. The predicted molar refractivity (Wildman–Crippen MR) is 49.7 cm³/mol. The van der Waals surface area contributed by atoms with Gasteiger partial charge >= 0.3 is 0 Å². The minimum Gasteiger partial charge on any atom is -0.381 e. The molecule has 0 radical (unpaired) electrons. The third-order valence-electron chi connectivity index (χ3n) is 2.96. The van der Waals surface area contributed by atoms with E-state index in [0.29, 0.717) is 5.92 Å². The number of nitrogens with two attached hydrogens (primary N) is 1. The second-order valence-electron chi connectivity index (χ2n) is 4.08. The van der Waals surface area contributed by atoms with Gasteiger partial charge in [0.25, 0.3) is 0 Å². The lowest BCUT2D eigenvalue weighted by Crippen LogP contribution is -2.46. The summed E-state index contributed by atoms with van der Waals surface area (Å²) in [5, 5.41) is 0. The molecule has 13 heavy (non-hydrogen) atoms. The SMILES string of the molecule is CC(C)(C(=O)NN)C1CCOCC1. The lowest BCUT2D eigenvalue weighted by atomic mass is 9.74. The maximum Gasteiger partial charge on any atom is 0.239 e. The number of hydrogen-bond donors (Lipinski definition) is 2. The smallest absolute Gasteiger partial charge is 0.239 e. The van der Waals surface area contributed by atoms with E-state index in [4.69, 9.17) is 10.6 Å². The molecule has 1 saturated heterocycles. The quantitative estimate of drug-likeness (QED) is 0.373. The minimum atomic E-state index is -0.376. The van der Waals surface area contributed by atoms with Crippen LogP contribution in [0.3, 0.4) is 0 Å². The summed E-state index contributed by atoms with van der Waals surface area (Å²) in [7, 11) is 0. The van der Waals surface area contributed by atoms with Crippen LogP contribution in [-0.4, -0.2) is 19.1 Å². The van der Waals surface area contributed by atoms with Gasteiger partial charge in [-0.3, -0.25) is 10.2 Å². The summed E-state index contributed by atoms with van der Waals surface area (Å²) in [6, 6.07) is 0. The molecule has 4 heteroatoms. The van der Waals surface area contributed by atoms with Crippen LogP contribution in [0.4, 0.5) is 0 Å². The van der Waals surface area contributed by atoms with Gasteiger partial charge in [-0.15, -0.1) is 0 Å². The standard InChI is InChI=1S/C9H18N2O2/c1-9(2,8(12)11-10)7-3-5-13-6-4-7/h7H,3-6,10H2,1-2H3,(H,11,12). The van der Waals surface area contributed by atoms with Gasteiger partial charge in [-0.25, -0.2) is 5.84 Å². The van der Waals surface area contributed by atoms with Gasteiger partial charge in [-0.05, 0) is 18.8 Å². The number of hydrogen-bond acceptors (Lipinski definition) is 3. The third-order valence-corrected chi connectivity index (χ3v) is 2.96. The van der Waals surface area contributed by atoms with Gasteiger partial charge in [0, 0.05) is 18.6 Å². The number of hydrazine groups is 1. The van der Waals surface area contributed by atoms with Crippen molar-refractivity contribution in [1.82, 2.24) is 5.43 Å². The van der Waals surface area contributed by atoms with Gasteiger partial charge in [0.1, 0.15) is 0 Å². The molecule has 3 N–H and O–H groups in total. The highest BCUT2D eigenvalue weighted by molar-refractivity contribution is 5.81. The zero-order valence-corrected chi connectivity index (χ0v) is 8.30. The van der Waals surface area contributed by atoms with E-state index in [1.807, 2.05) is 13.8 Å². The van der Waals surface area contributed by atoms with Crippen LogP contribution in [-0.2, 0) is 9.53 Å². The van der Waals surface area contributed by atoms with Crippen molar-refractivity contribution in [3.63, 3.8) is 0 Å². The summed E-state index contributed by atoms with van der Waals surface area (Å²) in [5.74, 6) is 5.43. The first-order chi connectivity index (χ1) is 6.09. The molecule has 0 aromatic rings. The highest BCUT2D eigenvalue weighted by atomic mass is 16.5. The molecule has 0 aromatic carbocycles. The average Bonchev–Trinajstić information content (AvgIpc) is 2.18. The zero-order chi connectivity index (χ0) is 9.90. The van der Waals surface area contributed by atoms with Crippen LogP contribution in [0.15, 0.2) is 0 Å². The monoisotopic (exact) mass is 186 g/mol. The molecule has 0 bridgehead atoms. The second-order valence-corrected chi connectivity index (χ2v) is 4.08. The van der Waals surface area contributed by atoms with Gasteiger partial charge in [-0.2, -0.15) is 0 Å². The number of amides is 1. The van der Waals surface area contributed by atoms with Gasteiger partial charge in [0.15, 0.2) is 0 Å². The number of carbonyl (C=O) groups is 1. The topological polar surface area (TPSA) is 64.4 Å². The summed E-state index contributed by atoms with van der Waals surface area (Å²) in [6.45, 7) is 5.38. The Labute approximate surface area is 78.8 Å². The molecule has 1 fully saturated rings. The van der Waals surface area contributed by atoms with Crippen molar-refractivity contribution in [3.8, 4) is 0 Å². The summed E-state index contributed by atoms with van der Waals surface area (Å²) in [5.41, 5.74) is 1.85. The van der Waals surface area contributed by atoms with Crippen LogP contribution in [0.1, 0.15) is 26.7 Å². The van der Waals surface area contributed by atoms with Gasteiger partial charge in [0.2, 0.25) is 5.91 Å². The van der Waals surface area contributed by atoms with E-state index < -0.39 is 0 Å². The van der Waals surface area contributed by atoms with E-state index in [1.54, 1.807) is 0 Å². The van der Waals surface area contributed by atoms with Crippen LogP contribution in [0, 0.1) is 11.3 Å². The molecule has 1 amide bonds. The Hall–Kier alpha value is -0.610. The van der Waals surface area contributed by atoms with Crippen molar-refractivity contribution in [3.05, 3.63) is 0 Å². The lowest BCUT2D eigenvalue weighted by molar-refractivity contribution is -0.134. The molecule has 0 spiro atoms. The van der Waals surface area contributed by atoms with Crippen molar-refractivity contribution in [2.45, 2.75) is 26.7 Å². The molecule has 1 rings (SSSR count). The van der Waals surface area contributed by atoms with Crippen LogP contribution in [0.25, 0.3) is 0 Å². The van der Waals surface area contributed by atoms with Crippen LogP contribution < -0.4 is 11.3 Å².